The highest BCUT2D eigenvalue weighted by Gasteiger charge is 2.29. The number of carbonyl (C=O) groups excluding carboxylic acids is 4. The Morgan fingerprint density at radius 2 is 1.54 bits per heavy atom. The van der Waals surface area contributed by atoms with E-state index < -0.39 is 5.60 Å². The quantitative estimate of drug-likeness (QED) is 0.147. The molecule has 3 amide bonds. The van der Waals surface area contributed by atoms with E-state index in [1.807, 2.05) is 45.0 Å². The Hall–Kier alpha value is -5.55. The standard InChI is InChI=1S/C48H58N6O5/c1-48(2,3)59-47(58)34-21-26-53(27-22-34)29-28-52(4)46(57)37-15-10-14-35(30-37)44(55)51-42-19-18-38(54-24-8-5-9-25-54)32-40(42)43-31-36(20-23-49-43)45(56)50-41-17-11-13-33-12-6-7-16-39(33)41/h6-7,10,12,14-16,18-20,23,30-32,34,41H,5,8-9,11,13,17,21-22,24-29H2,1-4H3,(H,50,56)(H,51,55). The number of piperidine rings is 2. The van der Waals surface area contributed by atoms with Crippen molar-refractivity contribution in [3.63, 3.8) is 0 Å². The van der Waals surface area contributed by atoms with Gasteiger partial charge in [0.15, 0.2) is 0 Å². The van der Waals surface area contributed by atoms with Crippen molar-refractivity contribution in [2.75, 3.05) is 56.5 Å². The van der Waals surface area contributed by atoms with Crippen molar-refractivity contribution in [2.24, 2.45) is 5.92 Å². The lowest BCUT2D eigenvalue weighted by Crippen LogP contribution is -2.42. The lowest BCUT2D eigenvalue weighted by Gasteiger charge is -2.33. The third kappa shape index (κ3) is 10.6. The number of nitrogens with one attached hydrogen (secondary N) is 2. The van der Waals surface area contributed by atoms with Gasteiger partial charge in [0.25, 0.3) is 17.7 Å². The Balaban J connectivity index is 1.03. The van der Waals surface area contributed by atoms with E-state index in [2.05, 4.69) is 38.6 Å². The van der Waals surface area contributed by atoms with Gasteiger partial charge in [-0.1, -0.05) is 30.3 Å². The first-order chi connectivity index (χ1) is 28.4. The van der Waals surface area contributed by atoms with Crippen LogP contribution in [0.5, 0.6) is 0 Å². The van der Waals surface area contributed by atoms with Crippen LogP contribution >= 0.6 is 0 Å². The number of esters is 1. The molecule has 1 atom stereocenters. The number of benzene rings is 3. The summed E-state index contributed by atoms with van der Waals surface area (Å²) in [6.07, 6.45) is 9.47. The average molecular weight is 799 g/mol. The highest BCUT2D eigenvalue weighted by molar-refractivity contribution is 6.08. The van der Waals surface area contributed by atoms with Gasteiger partial charge in [0.2, 0.25) is 0 Å². The van der Waals surface area contributed by atoms with Crippen LogP contribution < -0.4 is 15.5 Å². The van der Waals surface area contributed by atoms with Crippen LogP contribution in [0.4, 0.5) is 11.4 Å². The van der Waals surface area contributed by atoms with Gasteiger partial charge in [-0.05, 0) is 145 Å². The molecule has 3 heterocycles. The minimum Gasteiger partial charge on any atom is -0.460 e. The van der Waals surface area contributed by atoms with Crippen molar-refractivity contribution in [3.8, 4) is 11.3 Å². The van der Waals surface area contributed by atoms with Gasteiger partial charge in [-0.2, -0.15) is 0 Å². The summed E-state index contributed by atoms with van der Waals surface area (Å²) in [5, 5.41) is 6.37. The van der Waals surface area contributed by atoms with Crippen LogP contribution in [0.1, 0.15) is 114 Å². The number of aryl methyl sites for hydroxylation is 1. The van der Waals surface area contributed by atoms with Gasteiger partial charge in [0.1, 0.15) is 5.60 Å². The maximum absolute atomic E-state index is 13.9. The van der Waals surface area contributed by atoms with Crippen molar-refractivity contribution in [1.29, 1.82) is 0 Å². The van der Waals surface area contributed by atoms with E-state index in [0.29, 0.717) is 46.7 Å². The maximum Gasteiger partial charge on any atom is 0.309 e. The fraction of sp³-hybridized carbons (Fsp3) is 0.438. The summed E-state index contributed by atoms with van der Waals surface area (Å²) in [5.74, 6) is -0.924. The summed E-state index contributed by atoms with van der Waals surface area (Å²) in [6, 6.07) is 24.6. The fourth-order valence-corrected chi connectivity index (χ4v) is 8.45. The third-order valence-corrected chi connectivity index (χ3v) is 11.7. The summed E-state index contributed by atoms with van der Waals surface area (Å²) >= 11 is 0. The lowest BCUT2D eigenvalue weighted by atomic mass is 9.87. The zero-order valence-corrected chi connectivity index (χ0v) is 35.0. The van der Waals surface area contributed by atoms with E-state index in [4.69, 9.17) is 9.72 Å². The third-order valence-electron chi connectivity index (χ3n) is 11.7. The Kier molecular flexibility index (Phi) is 13.1. The largest absolute Gasteiger partial charge is 0.460 e. The number of likely N-dealkylation sites (N-methyl/N-ethyl adjacent to an activating group) is 1. The molecule has 7 rings (SSSR count). The van der Waals surface area contributed by atoms with Crippen molar-refractivity contribution < 1.29 is 23.9 Å². The Morgan fingerprint density at radius 3 is 2.32 bits per heavy atom. The van der Waals surface area contributed by atoms with E-state index >= 15 is 0 Å². The summed E-state index contributed by atoms with van der Waals surface area (Å²) in [6.45, 7) is 10.3. The van der Waals surface area contributed by atoms with E-state index in [1.54, 1.807) is 54.5 Å². The van der Waals surface area contributed by atoms with Gasteiger partial charge >= 0.3 is 5.97 Å². The first-order valence-electron chi connectivity index (χ1n) is 21.3. The van der Waals surface area contributed by atoms with Crippen LogP contribution in [-0.4, -0.2) is 90.4 Å². The molecule has 4 aromatic rings. The predicted molar refractivity (Wildman–Crippen MR) is 232 cm³/mol. The molecule has 2 N–H and O–H groups in total. The number of hydrogen-bond acceptors (Lipinski definition) is 8. The van der Waals surface area contributed by atoms with Crippen LogP contribution in [-0.2, 0) is 16.0 Å². The van der Waals surface area contributed by atoms with E-state index in [1.165, 1.54) is 17.5 Å². The number of ether oxygens (including phenoxy) is 1. The minimum absolute atomic E-state index is 0.0567. The molecule has 1 aromatic heterocycles. The number of nitrogens with zero attached hydrogens (tertiary/aromatic N) is 4. The van der Waals surface area contributed by atoms with Crippen LogP contribution in [0.2, 0.25) is 0 Å². The van der Waals surface area contributed by atoms with E-state index in [9.17, 15) is 19.2 Å². The molecule has 0 radical (unpaired) electrons. The molecule has 3 aliphatic rings. The molecule has 2 fully saturated rings. The predicted octanol–water partition coefficient (Wildman–Crippen LogP) is 7.92. The van der Waals surface area contributed by atoms with Crippen LogP contribution in [0.3, 0.4) is 0 Å². The second-order valence-electron chi connectivity index (χ2n) is 17.2. The van der Waals surface area contributed by atoms with Gasteiger partial charge in [-0.15, -0.1) is 0 Å². The summed E-state index contributed by atoms with van der Waals surface area (Å²) in [7, 11) is 1.77. The summed E-state index contributed by atoms with van der Waals surface area (Å²) in [4.78, 5) is 64.8. The molecule has 2 saturated heterocycles. The normalized spacial score (nSPS) is 17.4. The van der Waals surface area contributed by atoms with Gasteiger partial charge < -0.3 is 30.1 Å². The van der Waals surface area contributed by atoms with Crippen LogP contribution in [0, 0.1) is 5.92 Å². The highest BCUT2D eigenvalue weighted by Crippen LogP contribution is 2.34. The number of pyridine rings is 1. The van der Waals surface area contributed by atoms with Crippen molar-refractivity contribution in [3.05, 3.63) is 113 Å². The molecule has 59 heavy (non-hydrogen) atoms. The molecule has 2 aliphatic heterocycles. The first-order valence-corrected chi connectivity index (χ1v) is 21.3. The number of hydrogen-bond donors (Lipinski definition) is 2. The van der Waals surface area contributed by atoms with Crippen molar-refractivity contribution in [2.45, 2.75) is 83.8 Å². The Bertz CT molecular complexity index is 2150. The lowest BCUT2D eigenvalue weighted by molar-refractivity contribution is -0.161. The van der Waals surface area contributed by atoms with Gasteiger partial charge in [-0.25, -0.2) is 0 Å². The zero-order chi connectivity index (χ0) is 41.5. The summed E-state index contributed by atoms with van der Waals surface area (Å²) in [5.41, 5.74) is 6.12. The van der Waals surface area contributed by atoms with E-state index in [-0.39, 0.29) is 35.7 Å². The zero-order valence-electron chi connectivity index (χ0n) is 35.0. The van der Waals surface area contributed by atoms with Crippen LogP contribution in [0.15, 0.2) is 85.1 Å². The first kappa shape index (κ1) is 41.6. The van der Waals surface area contributed by atoms with Crippen molar-refractivity contribution in [1.82, 2.24) is 20.1 Å². The number of aromatic nitrogens is 1. The molecule has 0 saturated carbocycles. The molecule has 11 heteroatoms. The highest BCUT2D eigenvalue weighted by atomic mass is 16.6. The second kappa shape index (κ2) is 18.6. The molecule has 0 spiro atoms. The fourth-order valence-electron chi connectivity index (χ4n) is 8.45. The number of fused-ring (bicyclic) bond motifs is 1. The number of likely N-dealkylation sites (tertiary alicyclic amines) is 1. The Morgan fingerprint density at radius 1 is 0.797 bits per heavy atom. The SMILES string of the molecule is CN(CCN1CCC(C(=O)OC(C)(C)C)CC1)C(=O)c1cccc(C(=O)Nc2ccc(N3CCCCC3)cc2-c2cc(C(=O)NC3CCCc4ccccc43)ccn2)c1. The molecule has 11 nitrogen and oxygen atoms in total. The molecule has 1 aliphatic carbocycles. The topological polar surface area (TPSA) is 124 Å². The number of carbonyl (C=O) groups is 4. The van der Waals surface area contributed by atoms with E-state index in [0.717, 1.165) is 76.8 Å². The summed E-state index contributed by atoms with van der Waals surface area (Å²) < 4.78 is 5.59. The van der Waals surface area contributed by atoms with Crippen LogP contribution in [0.25, 0.3) is 11.3 Å². The Labute approximate surface area is 348 Å². The average Bonchev–Trinajstić information content (AvgIpc) is 3.25. The molecule has 1 unspecified atom stereocenters. The molecular formula is C48H58N6O5. The molecule has 3 aromatic carbocycles. The molecular weight excluding hydrogens is 741 g/mol. The van der Waals surface area contributed by atoms with Crippen molar-refractivity contribution >= 4 is 35.1 Å². The second-order valence-corrected chi connectivity index (χ2v) is 17.2. The molecule has 310 valence electrons. The minimum atomic E-state index is -0.496. The smallest absolute Gasteiger partial charge is 0.309 e. The van der Waals surface area contributed by atoms with Gasteiger partial charge in [-0.3, -0.25) is 24.2 Å². The monoisotopic (exact) mass is 798 g/mol. The van der Waals surface area contributed by atoms with Gasteiger partial charge in [0.05, 0.1) is 23.3 Å². The number of amides is 3. The maximum atomic E-state index is 13.9. The van der Waals surface area contributed by atoms with Gasteiger partial charge in [0, 0.05) is 67.4 Å². The number of rotatable bonds is 11. The molecule has 0 bridgehead atoms. The number of anilines is 2.